The molecule has 3 nitrogen and oxygen atoms in total. The monoisotopic (exact) mass is 305 g/mol. The van der Waals surface area contributed by atoms with Gasteiger partial charge in [-0.05, 0) is 6.07 Å². The fourth-order valence-electron chi connectivity index (χ4n) is 1.86. The average Bonchev–Trinajstić information content (AvgIpc) is 2.79. The second kappa shape index (κ2) is 5.19. The van der Waals surface area contributed by atoms with Crippen LogP contribution in [0.1, 0.15) is 21.5 Å². The maximum atomic E-state index is 13.5. The summed E-state index contributed by atoms with van der Waals surface area (Å²) in [5.41, 5.74) is -2.47. The minimum absolute atomic E-state index is 0.185. The van der Waals surface area contributed by atoms with Gasteiger partial charge in [0.25, 0.3) is 0 Å². The number of aromatic carboxylic acids is 1. The van der Waals surface area contributed by atoms with Gasteiger partial charge < -0.3 is 9.67 Å². The molecular weight excluding hydrogens is 297 g/mol. The van der Waals surface area contributed by atoms with Crippen molar-refractivity contribution in [3.63, 3.8) is 0 Å². The van der Waals surface area contributed by atoms with E-state index in [1.54, 1.807) is 0 Å². The third-order valence-electron chi connectivity index (χ3n) is 2.80. The number of alkyl halides is 3. The van der Waals surface area contributed by atoms with Gasteiger partial charge in [-0.25, -0.2) is 13.6 Å². The lowest BCUT2D eigenvalue weighted by molar-refractivity contribution is -0.138. The number of rotatable bonds is 3. The van der Waals surface area contributed by atoms with Crippen LogP contribution in [0.25, 0.3) is 0 Å². The Hall–Kier alpha value is -2.38. The van der Waals surface area contributed by atoms with Crippen molar-refractivity contribution in [2.75, 3.05) is 0 Å². The molecule has 0 fully saturated rings. The van der Waals surface area contributed by atoms with Gasteiger partial charge in [-0.3, -0.25) is 0 Å². The van der Waals surface area contributed by atoms with Gasteiger partial charge >= 0.3 is 12.1 Å². The van der Waals surface area contributed by atoms with Crippen LogP contribution in [-0.2, 0) is 12.7 Å². The zero-order chi connectivity index (χ0) is 15.8. The molecule has 1 heterocycles. The van der Waals surface area contributed by atoms with E-state index in [1.807, 2.05) is 0 Å². The fourth-order valence-corrected chi connectivity index (χ4v) is 1.86. The molecule has 2 aromatic rings. The molecule has 0 radical (unpaired) electrons. The van der Waals surface area contributed by atoms with Crippen molar-refractivity contribution in [2.45, 2.75) is 12.7 Å². The average molecular weight is 305 g/mol. The first-order valence-corrected chi connectivity index (χ1v) is 5.63. The smallest absolute Gasteiger partial charge is 0.418 e. The lowest BCUT2D eigenvalue weighted by Gasteiger charge is -2.06. The molecule has 0 saturated heterocycles. The summed E-state index contributed by atoms with van der Waals surface area (Å²) in [6, 6.07) is 3.28. The van der Waals surface area contributed by atoms with E-state index in [-0.39, 0.29) is 5.56 Å². The summed E-state index contributed by atoms with van der Waals surface area (Å²) >= 11 is 0. The second-order valence-corrected chi connectivity index (χ2v) is 4.27. The fraction of sp³-hybridized carbons (Fsp3) is 0.154. The van der Waals surface area contributed by atoms with Gasteiger partial charge in [-0.15, -0.1) is 0 Å². The second-order valence-electron chi connectivity index (χ2n) is 4.27. The predicted octanol–water partition coefficient (Wildman–Crippen LogP) is 3.53. The van der Waals surface area contributed by atoms with E-state index >= 15 is 0 Å². The molecule has 112 valence electrons. The first kappa shape index (κ1) is 15.0. The molecule has 0 aliphatic heterocycles. The van der Waals surface area contributed by atoms with E-state index in [4.69, 9.17) is 5.11 Å². The van der Waals surface area contributed by atoms with Crippen molar-refractivity contribution in [2.24, 2.45) is 0 Å². The summed E-state index contributed by atoms with van der Waals surface area (Å²) in [6.07, 6.45) is -3.57. The number of nitrogens with zero attached hydrogens (tertiary/aromatic N) is 1. The number of carboxylic acid groups (broad SMARTS) is 1. The number of carbonyl (C=O) groups is 1. The van der Waals surface area contributed by atoms with Crippen LogP contribution in [0.3, 0.4) is 0 Å². The number of benzene rings is 1. The Balaban J connectivity index is 2.42. The van der Waals surface area contributed by atoms with Crippen LogP contribution in [0.5, 0.6) is 0 Å². The van der Waals surface area contributed by atoms with Gasteiger partial charge in [0.15, 0.2) is 11.6 Å². The Morgan fingerprint density at radius 1 is 1.19 bits per heavy atom. The minimum atomic E-state index is -4.85. The summed E-state index contributed by atoms with van der Waals surface area (Å²) < 4.78 is 65.4. The Morgan fingerprint density at radius 3 is 2.38 bits per heavy atom. The van der Waals surface area contributed by atoms with Crippen LogP contribution < -0.4 is 0 Å². The SMILES string of the molecule is O=C(O)c1cn(Cc2cccc(F)c2F)cc1C(F)(F)F. The van der Waals surface area contributed by atoms with Gasteiger partial charge in [-0.2, -0.15) is 13.2 Å². The molecule has 0 saturated carbocycles. The minimum Gasteiger partial charge on any atom is -0.478 e. The molecule has 0 unspecified atom stereocenters. The van der Waals surface area contributed by atoms with Crippen LogP contribution in [0.15, 0.2) is 30.6 Å². The van der Waals surface area contributed by atoms with Crippen molar-refractivity contribution in [1.29, 1.82) is 0 Å². The van der Waals surface area contributed by atoms with Crippen LogP contribution in [-0.4, -0.2) is 15.6 Å². The third-order valence-corrected chi connectivity index (χ3v) is 2.80. The van der Waals surface area contributed by atoms with Gasteiger partial charge in [0.2, 0.25) is 0 Å². The predicted molar refractivity (Wildman–Crippen MR) is 61.9 cm³/mol. The highest BCUT2D eigenvalue weighted by Gasteiger charge is 2.37. The topological polar surface area (TPSA) is 42.2 Å². The van der Waals surface area contributed by atoms with Crippen LogP contribution >= 0.6 is 0 Å². The number of halogens is 5. The largest absolute Gasteiger partial charge is 0.478 e. The highest BCUT2D eigenvalue weighted by Crippen LogP contribution is 2.33. The first-order valence-electron chi connectivity index (χ1n) is 5.63. The van der Waals surface area contributed by atoms with Gasteiger partial charge in [0.1, 0.15) is 0 Å². The Labute approximate surface area is 115 Å². The first-order chi connectivity index (χ1) is 9.70. The van der Waals surface area contributed by atoms with E-state index in [2.05, 4.69) is 0 Å². The van der Waals surface area contributed by atoms with Crippen molar-refractivity contribution < 1.29 is 31.9 Å². The summed E-state index contributed by atoms with van der Waals surface area (Å²) in [6.45, 7) is -0.417. The molecule has 1 aromatic carbocycles. The number of hydrogen-bond acceptors (Lipinski definition) is 1. The zero-order valence-corrected chi connectivity index (χ0v) is 10.3. The van der Waals surface area contributed by atoms with Crippen molar-refractivity contribution in [3.8, 4) is 0 Å². The highest BCUT2D eigenvalue weighted by atomic mass is 19.4. The molecule has 21 heavy (non-hydrogen) atoms. The van der Waals surface area contributed by atoms with Crippen LogP contribution in [0, 0.1) is 11.6 Å². The molecule has 0 aliphatic rings. The summed E-state index contributed by atoms with van der Waals surface area (Å²) in [5, 5.41) is 8.76. The van der Waals surface area contributed by atoms with E-state index in [0.717, 1.165) is 16.8 Å². The highest BCUT2D eigenvalue weighted by molar-refractivity contribution is 5.89. The standard InChI is InChI=1S/C13H8F5NO2/c14-10-3-1-2-7(11(10)15)4-19-5-8(12(20)21)9(6-19)13(16,17)18/h1-3,5-6H,4H2,(H,20,21). The van der Waals surface area contributed by atoms with E-state index in [1.165, 1.54) is 12.1 Å². The molecule has 0 aliphatic carbocycles. The van der Waals surface area contributed by atoms with E-state index in [9.17, 15) is 26.7 Å². The molecule has 0 bridgehead atoms. The molecule has 0 spiro atoms. The lowest BCUT2D eigenvalue weighted by Crippen LogP contribution is -2.09. The normalized spacial score (nSPS) is 11.7. The Kier molecular flexibility index (Phi) is 3.71. The quantitative estimate of drug-likeness (QED) is 0.881. The maximum absolute atomic E-state index is 13.5. The lowest BCUT2D eigenvalue weighted by atomic mass is 10.2. The summed E-state index contributed by atoms with van der Waals surface area (Å²) in [5.74, 6) is -4.06. The molecule has 1 aromatic heterocycles. The maximum Gasteiger partial charge on any atom is 0.418 e. The van der Waals surface area contributed by atoms with E-state index in [0.29, 0.717) is 6.20 Å². The van der Waals surface area contributed by atoms with Crippen LogP contribution in [0.2, 0.25) is 0 Å². The number of carboxylic acids is 1. The van der Waals surface area contributed by atoms with Crippen LogP contribution in [0.4, 0.5) is 22.0 Å². The van der Waals surface area contributed by atoms with E-state index < -0.39 is 41.5 Å². The molecule has 8 heteroatoms. The van der Waals surface area contributed by atoms with Gasteiger partial charge in [0, 0.05) is 18.0 Å². The summed E-state index contributed by atoms with van der Waals surface area (Å²) in [4.78, 5) is 10.8. The van der Waals surface area contributed by atoms with Crippen molar-refractivity contribution in [1.82, 2.24) is 4.57 Å². The summed E-state index contributed by atoms with van der Waals surface area (Å²) in [7, 11) is 0. The number of hydrogen-bond donors (Lipinski definition) is 1. The number of aromatic nitrogens is 1. The molecule has 1 N–H and O–H groups in total. The Bertz CT molecular complexity index is 690. The molecular formula is C13H8F5NO2. The van der Waals surface area contributed by atoms with Gasteiger partial charge in [0.05, 0.1) is 17.7 Å². The molecule has 2 rings (SSSR count). The molecule has 0 atom stereocenters. The van der Waals surface area contributed by atoms with Gasteiger partial charge in [-0.1, -0.05) is 12.1 Å². The third kappa shape index (κ3) is 3.04. The molecule has 0 amide bonds. The van der Waals surface area contributed by atoms with Crippen molar-refractivity contribution >= 4 is 5.97 Å². The van der Waals surface area contributed by atoms with Crippen molar-refractivity contribution in [3.05, 3.63) is 58.9 Å². The Morgan fingerprint density at radius 2 is 1.86 bits per heavy atom. The zero-order valence-electron chi connectivity index (χ0n) is 10.3.